The number of hydrogen-bond acceptors (Lipinski definition) is 2. The number of amides is 1. The molecular weight excluding hydrogens is 441 g/mol. The molecule has 0 bridgehead atoms. The van der Waals surface area contributed by atoms with Gasteiger partial charge >= 0.3 is 0 Å². The largest absolute Gasteiger partial charge is 1.00 e. The number of nitrogens with two attached hydrogens (primary N) is 1. The van der Waals surface area contributed by atoms with Gasteiger partial charge in [0, 0.05) is 41.5 Å². The van der Waals surface area contributed by atoms with Crippen LogP contribution in [0.5, 0.6) is 0 Å². The quantitative estimate of drug-likeness (QED) is 0.276. The zero-order valence-electron chi connectivity index (χ0n) is 18.2. The molecule has 3 rings (SSSR count). The van der Waals surface area contributed by atoms with Crippen LogP contribution in [0.15, 0.2) is 30.3 Å². The van der Waals surface area contributed by atoms with Crippen molar-refractivity contribution in [1.82, 2.24) is 0 Å². The molecule has 7 heteroatoms. The van der Waals surface area contributed by atoms with E-state index in [9.17, 15) is 4.79 Å². The van der Waals surface area contributed by atoms with Gasteiger partial charge in [0.25, 0.3) is 0 Å². The van der Waals surface area contributed by atoms with E-state index in [0.717, 1.165) is 39.5 Å². The summed E-state index contributed by atoms with van der Waals surface area (Å²) >= 11 is 6.27. The molecule has 1 aliphatic rings. The number of carbonyl (C=O) groups is 1. The van der Waals surface area contributed by atoms with Gasteiger partial charge in [-0.1, -0.05) is 30.7 Å². The van der Waals surface area contributed by atoms with E-state index in [1.165, 1.54) is 24.9 Å². The van der Waals surface area contributed by atoms with Crippen LogP contribution in [-0.4, -0.2) is 50.5 Å². The Morgan fingerprint density at radius 3 is 2.40 bits per heavy atom. The van der Waals surface area contributed by atoms with E-state index >= 15 is 0 Å². The highest BCUT2D eigenvalue weighted by molar-refractivity contribution is 6.19. The number of nitrogen functional groups attached to an aromatic ring is 1. The average molecular weight is 475 g/mol. The van der Waals surface area contributed by atoms with Crippen LogP contribution in [0, 0.1) is 0 Å². The summed E-state index contributed by atoms with van der Waals surface area (Å²) < 4.78 is 0.999. The molecule has 0 aliphatic carbocycles. The summed E-state index contributed by atoms with van der Waals surface area (Å²) in [6, 6.07) is 10.1. The van der Waals surface area contributed by atoms with Gasteiger partial charge in [0.05, 0.1) is 27.7 Å². The van der Waals surface area contributed by atoms with E-state index < -0.39 is 0 Å². The maximum atomic E-state index is 12.9. The Labute approximate surface area is 198 Å². The van der Waals surface area contributed by atoms with Gasteiger partial charge in [0.2, 0.25) is 5.91 Å². The Kier molecular flexibility index (Phi) is 10.2. The second-order valence-corrected chi connectivity index (χ2v) is 9.29. The molecule has 0 radical (unpaired) electrons. The summed E-state index contributed by atoms with van der Waals surface area (Å²) in [5.74, 6) is 0.862. The van der Waals surface area contributed by atoms with Crippen molar-refractivity contribution in [2.24, 2.45) is 0 Å². The van der Waals surface area contributed by atoms with Crippen LogP contribution in [0.3, 0.4) is 0 Å². The number of rotatable bonds is 8. The van der Waals surface area contributed by atoms with E-state index in [4.69, 9.17) is 17.3 Å². The number of carbonyl (C=O) groups excluding carboxylic acids is 1. The molecule has 1 atom stereocenters. The molecule has 2 aromatic carbocycles. The molecule has 30 heavy (non-hydrogen) atoms. The lowest BCUT2D eigenvalue weighted by Crippen LogP contribution is -3.00. The second kappa shape index (κ2) is 11.4. The number of anilines is 2. The third-order valence-electron chi connectivity index (χ3n) is 5.66. The van der Waals surface area contributed by atoms with E-state index in [1.54, 1.807) is 0 Å². The molecule has 2 N–H and O–H groups in total. The SMILES string of the molecule is C[N+](C)(C)CCCCCCC(=O)N1CC(CCl)c2c1cc(N)c1ccccc21.Cl.[Cl-]. The second-order valence-electron chi connectivity index (χ2n) is 8.98. The van der Waals surface area contributed by atoms with E-state index in [0.29, 0.717) is 18.8 Å². The summed E-state index contributed by atoms with van der Waals surface area (Å²) in [5.41, 5.74) is 9.15. The standard InChI is InChI=1S/C23H33ClN3O.2ClH/c1-27(2,3)13-9-5-4-6-12-22(28)26-16-17(15-24)23-19-11-8-7-10-18(19)20(25)14-21(23)26;;/h7-8,10-11,14,17H,4-6,9,12-13,15-16,25H2,1-3H3;2*1H/q+1;;/p-1. The molecular formula is C23H34Cl3N3O. The highest BCUT2D eigenvalue weighted by atomic mass is 35.5. The fourth-order valence-corrected chi connectivity index (χ4v) is 4.44. The highest BCUT2D eigenvalue weighted by Gasteiger charge is 2.33. The third-order valence-corrected chi connectivity index (χ3v) is 6.03. The van der Waals surface area contributed by atoms with Crippen molar-refractivity contribution in [2.75, 3.05) is 50.7 Å². The number of benzene rings is 2. The minimum absolute atomic E-state index is 0. The summed E-state index contributed by atoms with van der Waals surface area (Å²) in [6.07, 6.45) is 5.02. The van der Waals surface area contributed by atoms with Gasteiger partial charge in [0.15, 0.2) is 0 Å². The first-order valence-electron chi connectivity index (χ1n) is 10.3. The maximum Gasteiger partial charge on any atom is 0.227 e. The van der Waals surface area contributed by atoms with Gasteiger partial charge < -0.3 is 27.5 Å². The molecule has 0 saturated carbocycles. The van der Waals surface area contributed by atoms with Crippen molar-refractivity contribution in [3.63, 3.8) is 0 Å². The lowest BCUT2D eigenvalue weighted by Gasteiger charge is -2.23. The zero-order valence-corrected chi connectivity index (χ0v) is 20.5. The Morgan fingerprint density at radius 2 is 1.77 bits per heavy atom. The lowest BCUT2D eigenvalue weighted by atomic mass is 9.95. The number of nitrogens with zero attached hydrogens (tertiary/aromatic N) is 2. The maximum absolute atomic E-state index is 12.9. The average Bonchev–Trinajstić information content (AvgIpc) is 3.02. The first kappa shape index (κ1) is 26.8. The molecule has 1 heterocycles. The summed E-state index contributed by atoms with van der Waals surface area (Å²) in [6.45, 7) is 1.84. The van der Waals surface area contributed by atoms with Crippen LogP contribution in [0.2, 0.25) is 0 Å². The van der Waals surface area contributed by atoms with Crippen molar-refractivity contribution < 1.29 is 21.7 Å². The van der Waals surface area contributed by atoms with Crippen molar-refractivity contribution >= 4 is 52.1 Å². The fraction of sp³-hybridized carbons (Fsp3) is 0.522. The Hall–Kier alpha value is -1.20. The Balaban J connectivity index is 0.00000225. The summed E-state index contributed by atoms with van der Waals surface area (Å²) in [5, 5.41) is 2.17. The van der Waals surface area contributed by atoms with E-state index in [1.807, 2.05) is 29.2 Å². The Morgan fingerprint density at radius 1 is 1.13 bits per heavy atom. The first-order valence-corrected chi connectivity index (χ1v) is 10.8. The van der Waals surface area contributed by atoms with Crippen LogP contribution < -0.4 is 23.0 Å². The number of quaternary nitrogens is 1. The van der Waals surface area contributed by atoms with Crippen LogP contribution in [0.4, 0.5) is 11.4 Å². The predicted molar refractivity (Wildman–Crippen MR) is 127 cm³/mol. The zero-order chi connectivity index (χ0) is 20.3. The smallest absolute Gasteiger partial charge is 0.227 e. The van der Waals surface area contributed by atoms with Crippen molar-refractivity contribution in [1.29, 1.82) is 0 Å². The number of hydrogen-bond donors (Lipinski definition) is 1. The van der Waals surface area contributed by atoms with Crippen molar-refractivity contribution in [3.8, 4) is 0 Å². The topological polar surface area (TPSA) is 46.3 Å². The molecule has 1 unspecified atom stereocenters. The van der Waals surface area contributed by atoms with E-state index in [-0.39, 0.29) is 36.6 Å². The molecule has 0 aromatic heterocycles. The molecule has 1 amide bonds. The fourth-order valence-electron chi connectivity index (χ4n) is 4.19. The third kappa shape index (κ3) is 6.16. The molecule has 2 aromatic rings. The predicted octanol–water partition coefficient (Wildman–Crippen LogP) is 2.17. The molecule has 0 fully saturated rings. The van der Waals surface area contributed by atoms with Gasteiger partial charge in [-0.2, -0.15) is 0 Å². The van der Waals surface area contributed by atoms with Crippen LogP contribution >= 0.6 is 24.0 Å². The van der Waals surface area contributed by atoms with Gasteiger partial charge in [-0.3, -0.25) is 4.79 Å². The van der Waals surface area contributed by atoms with Crippen LogP contribution in [0.1, 0.15) is 43.6 Å². The normalized spacial score (nSPS) is 15.5. The first-order chi connectivity index (χ1) is 13.3. The molecule has 0 saturated heterocycles. The van der Waals surface area contributed by atoms with Gasteiger partial charge in [-0.25, -0.2) is 0 Å². The van der Waals surface area contributed by atoms with Gasteiger partial charge in [-0.15, -0.1) is 24.0 Å². The molecule has 168 valence electrons. The Bertz CT molecular complexity index is 851. The van der Waals surface area contributed by atoms with Gasteiger partial charge in [0.1, 0.15) is 0 Å². The number of unbranched alkanes of at least 4 members (excludes halogenated alkanes) is 3. The molecule has 4 nitrogen and oxygen atoms in total. The number of halogens is 3. The molecule has 0 spiro atoms. The van der Waals surface area contributed by atoms with Crippen LogP contribution in [-0.2, 0) is 4.79 Å². The van der Waals surface area contributed by atoms with Crippen LogP contribution in [0.25, 0.3) is 10.8 Å². The van der Waals surface area contributed by atoms with Crippen molar-refractivity contribution in [2.45, 2.75) is 38.0 Å². The summed E-state index contributed by atoms with van der Waals surface area (Å²) in [7, 11) is 6.66. The lowest BCUT2D eigenvalue weighted by molar-refractivity contribution is -0.870. The number of fused-ring (bicyclic) bond motifs is 3. The highest BCUT2D eigenvalue weighted by Crippen LogP contribution is 2.44. The molecule has 1 aliphatic heterocycles. The number of alkyl halides is 1. The van der Waals surface area contributed by atoms with E-state index in [2.05, 4.69) is 27.2 Å². The summed E-state index contributed by atoms with van der Waals surface area (Å²) in [4.78, 5) is 14.9. The monoisotopic (exact) mass is 473 g/mol. The van der Waals surface area contributed by atoms with Crippen molar-refractivity contribution in [3.05, 3.63) is 35.9 Å². The minimum atomic E-state index is 0. The minimum Gasteiger partial charge on any atom is -1.00 e. The van der Waals surface area contributed by atoms with Gasteiger partial charge in [-0.05, 0) is 36.3 Å².